The monoisotopic (exact) mass is 484 g/mol. The van der Waals surface area contributed by atoms with E-state index in [4.69, 9.17) is 4.74 Å². The highest BCUT2D eigenvalue weighted by Crippen LogP contribution is 2.32. The van der Waals surface area contributed by atoms with Crippen LogP contribution in [0.5, 0.6) is 5.75 Å². The van der Waals surface area contributed by atoms with Crippen molar-refractivity contribution in [3.63, 3.8) is 0 Å². The first-order valence-corrected chi connectivity index (χ1v) is 13.0. The van der Waals surface area contributed by atoms with Gasteiger partial charge in [-0.3, -0.25) is 9.59 Å². The minimum absolute atomic E-state index is 0.0266. The molecule has 0 aromatic heterocycles. The van der Waals surface area contributed by atoms with Crippen molar-refractivity contribution in [2.45, 2.75) is 17.7 Å². The molecule has 2 saturated heterocycles. The van der Waals surface area contributed by atoms with E-state index in [9.17, 15) is 18.0 Å². The number of piperidine rings is 1. The van der Waals surface area contributed by atoms with Gasteiger partial charge in [-0.15, -0.1) is 0 Å². The first kappa shape index (κ1) is 22.7. The lowest BCUT2D eigenvalue weighted by molar-refractivity contribution is -0.137. The maximum absolute atomic E-state index is 13.3. The Labute approximate surface area is 199 Å². The van der Waals surface area contributed by atoms with Crippen molar-refractivity contribution in [1.29, 1.82) is 0 Å². The molecule has 2 aromatic rings. The van der Waals surface area contributed by atoms with Gasteiger partial charge in [0.1, 0.15) is 5.75 Å². The Bertz CT molecular complexity index is 1180. The fraction of sp³-hybridized carbons (Fsp3) is 0.417. The number of rotatable bonds is 4. The number of nitrogens with one attached hydrogen (secondary N) is 1. The molecular formula is C24H28N4O5S. The second kappa shape index (κ2) is 9.27. The van der Waals surface area contributed by atoms with Crippen molar-refractivity contribution in [2.24, 2.45) is 5.92 Å². The Morgan fingerprint density at radius 1 is 1.00 bits per heavy atom. The summed E-state index contributed by atoms with van der Waals surface area (Å²) in [6, 6.07) is 14.6. The minimum atomic E-state index is -3.81. The van der Waals surface area contributed by atoms with Crippen LogP contribution in [-0.4, -0.2) is 75.3 Å². The van der Waals surface area contributed by atoms with Gasteiger partial charge in [-0.25, -0.2) is 8.42 Å². The molecule has 34 heavy (non-hydrogen) atoms. The van der Waals surface area contributed by atoms with Crippen molar-refractivity contribution in [3.8, 4) is 5.75 Å². The summed E-state index contributed by atoms with van der Waals surface area (Å²) in [7, 11) is -3.81. The lowest BCUT2D eigenvalue weighted by Crippen LogP contribution is -2.53. The third-order valence-corrected chi connectivity index (χ3v) is 8.53. The zero-order valence-electron chi connectivity index (χ0n) is 18.9. The van der Waals surface area contributed by atoms with Gasteiger partial charge in [-0.2, -0.15) is 4.31 Å². The summed E-state index contributed by atoms with van der Waals surface area (Å²) in [6.45, 7) is 3.21. The van der Waals surface area contributed by atoms with Crippen LogP contribution in [0.15, 0.2) is 53.4 Å². The minimum Gasteiger partial charge on any atom is -0.482 e. The zero-order chi connectivity index (χ0) is 23.7. The summed E-state index contributed by atoms with van der Waals surface area (Å²) in [5, 5.41) is 2.65. The van der Waals surface area contributed by atoms with Crippen LogP contribution in [0.4, 0.5) is 11.4 Å². The number of anilines is 2. The molecule has 0 spiro atoms. The number of benzene rings is 2. The number of sulfonamides is 1. The quantitative estimate of drug-likeness (QED) is 0.710. The topological polar surface area (TPSA) is 99.3 Å². The predicted molar refractivity (Wildman–Crippen MR) is 127 cm³/mol. The molecule has 0 aliphatic carbocycles. The molecule has 0 saturated carbocycles. The first-order chi connectivity index (χ1) is 16.4. The average Bonchev–Trinajstić information content (AvgIpc) is 2.88. The molecule has 3 aliphatic rings. The molecule has 10 heteroatoms. The number of hydrogen-bond donors (Lipinski definition) is 1. The van der Waals surface area contributed by atoms with Crippen LogP contribution in [0, 0.1) is 5.92 Å². The molecular weight excluding hydrogens is 456 g/mol. The first-order valence-electron chi connectivity index (χ1n) is 11.6. The van der Waals surface area contributed by atoms with Gasteiger partial charge < -0.3 is 19.9 Å². The molecule has 1 N–H and O–H groups in total. The Hall–Kier alpha value is -3.11. The van der Waals surface area contributed by atoms with Gasteiger partial charge in [0.15, 0.2) is 6.61 Å². The largest absolute Gasteiger partial charge is 0.482 e. The number of ether oxygens (including phenoxy) is 1. The molecule has 0 radical (unpaired) electrons. The van der Waals surface area contributed by atoms with E-state index < -0.39 is 10.0 Å². The number of amides is 2. The van der Waals surface area contributed by atoms with Crippen LogP contribution in [0.2, 0.25) is 0 Å². The molecule has 5 rings (SSSR count). The SMILES string of the molecule is O=C1COc2ccc(S(=O)(=O)N3CCC[C@H](C(=O)N4CCN(c5ccccc5)CC4)C3)cc2N1. The third kappa shape index (κ3) is 4.47. The van der Waals surface area contributed by atoms with E-state index in [0.717, 1.165) is 18.8 Å². The Morgan fingerprint density at radius 3 is 2.53 bits per heavy atom. The van der Waals surface area contributed by atoms with E-state index in [1.54, 1.807) is 6.07 Å². The van der Waals surface area contributed by atoms with E-state index in [2.05, 4.69) is 22.3 Å². The van der Waals surface area contributed by atoms with Crippen LogP contribution in [0.1, 0.15) is 12.8 Å². The van der Waals surface area contributed by atoms with E-state index in [-0.39, 0.29) is 35.8 Å². The van der Waals surface area contributed by atoms with Gasteiger partial charge >= 0.3 is 0 Å². The second-order valence-corrected chi connectivity index (χ2v) is 10.8. The van der Waals surface area contributed by atoms with Crippen molar-refractivity contribution in [2.75, 3.05) is 56.1 Å². The van der Waals surface area contributed by atoms with Gasteiger partial charge in [-0.1, -0.05) is 18.2 Å². The van der Waals surface area contributed by atoms with Gasteiger partial charge in [-0.05, 0) is 43.2 Å². The van der Waals surface area contributed by atoms with Crippen LogP contribution in [0.3, 0.4) is 0 Å². The van der Waals surface area contributed by atoms with Crippen molar-refractivity contribution in [1.82, 2.24) is 9.21 Å². The Balaban J connectivity index is 1.24. The zero-order valence-corrected chi connectivity index (χ0v) is 19.7. The summed E-state index contributed by atoms with van der Waals surface area (Å²) in [6.07, 6.45) is 1.31. The number of nitrogens with zero attached hydrogens (tertiary/aromatic N) is 3. The molecule has 180 valence electrons. The second-order valence-electron chi connectivity index (χ2n) is 8.84. The molecule has 2 amide bonds. The third-order valence-electron chi connectivity index (χ3n) is 6.67. The smallest absolute Gasteiger partial charge is 0.262 e. The van der Waals surface area contributed by atoms with E-state index in [1.807, 2.05) is 23.1 Å². The van der Waals surface area contributed by atoms with Crippen LogP contribution >= 0.6 is 0 Å². The maximum atomic E-state index is 13.3. The lowest BCUT2D eigenvalue weighted by atomic mass is 9.97. The molecule has 0 bridgehead atoms. The summed E-state index contributed by atoms with van der Waals surface area (Å²) in [5.41, 5.74) is 1.49. The van der Waals surface area contributed by atoms with Crippen molar-refractivity contribution < 1.29 is 22.7 Å². The number of carbonyl (C=O) groups is 2. The number of carbonyl (C=O) groups excluding carboxylic acids is 2. The summed E-state index contributed by atoms with van der Waals surface area (Å²) in [4.78, 5) is 29.1. The molecule has 3 heterocycles. The highest BCUT2D eigenvalue weighted by molar-refractivity contribution is 7.89. The molecule has 2 fully saturated rings. The fourth-order valence-corrected chi connectivity index (χ4v) is 6.37. The van der Waals surface area contributed by atoms with Crippen LogP contribution in [-0.2, 0) is 19.6 Å². The maximum Gasteiger partial charge on any atom is 0.262 e. The molecule has 1 atom stereocenters. The number of piperazine rings is 1. The molecule has 2 aromatic carbocycles. The highest BCUT2D eigenvalue weighted by Gasteiger charge is 2.36. The Morgan fingerprint density at radius 2 is 1.76 bits per heavy atom. The standard InChI is InChI=1S/C24H28N4O5S/c29-23-17-33-22-9-8-20(15-21(22)25-23)34(31,32)28-10-4-5-18(16-28)24(30)27-13-11-26(12-14-27)19-6-2-1-3-7-19/h1-3,6-9,15,18H,4-5,10-14,16-17H2,(H,25,29)/t18-/m0/s1. The summed E-state index contributed by atoms with van der Waals surface area (Å²) >= 11 is 0. The summed E-state index contributed by atoms with van der Waals surface area (Å²) < 4.78 is 33.4. The molecule has 9 nitrogen and oxygen atoms in total. The molecule has 3 aliphatic heterocycles. The van der Waals surface area contributed by atoms with Crippen LogP contribution < -0.4 is 15.0 Å². The van der Waals surface area contributed by atoms with Gasteiger partial charge in [0.05, 0.1) is 16.5 Å². The Kier molecular flexibility index (Phi) is 6.18. The van der Waals surface area contributed by atoms with Crippen molar-refractivity contribution in [3.05, 3.63) is 48.5 Å². The average molecular weight is 485 g/mol. The van der Waals surface area contributed by atoms with Crippen LogP contribution in [0.25, 0.3) is 0 Å². The highest BCUT2D eigenvalue weighted by atomic mass is 32.2. The normalized spacial score (nSPS) is 21.4. The number of para-hydroxylation sites is 1. The van der Waals surface area contributed by atoms with Crippen molar-refractivity contribution >= 4 is 33.2 Å². The number of fused-ring (bicyclic) bond motifs is 1. The van der Waals surface area contributed by atoms with E-state index in [0.29, 0.717) is 43.9 Å². The predicted octanol–water partition coefficient (Wildman–Crippen LogP) is 1.77. The van der Waals surface area contributed by atoms with E-state index >= 15 is 0 Å². The van der Waals surface area contributed by atoms with Gasteiger partial charge in [0.2, 0.25) is 15.9 Å². The lowest BCUT2D eigenvalue weighted by Gasteiger charge is -2.39. The van der Waals surface area contributed by atoms with Gasteiger partial charge in [0.25, 0.3) is 5.91 Å². The van der Waals surface area contributed by atoms with Gasteiger partial charge in [0, 0.05) is 45.0 Å². The fourth-order valence-electron chi connectivity index (χ4n) is 4.82. The number of hydrogen-bond acceptors (Lipinski definition) is 6. The summed E-state index contributed by atoms with van der Waals surface area (Å²) in [5.74, 6) is -0.205. The molecule has 0 unspecified atom stereocenters. The van der Waals surface area contributed by atoms with E-state index in [1.165, 1.54) is 16.4 Å².